The van der Waals surface area contributed by atoms with E-state index in [-0.39, 0.29) is 17.7 Å². The number of tetrazole rings is 1. The van der Waals surface area contributed by atoms with Crippen molar-refractivity contribution < 1.29 is 14.3 Å². The number of ether oxygens (including phenoxy) is 1. The number of carbonyl (C=O) groups excluding carboxylic acids is 2. The van der Waals surface area contributed by atoms with Gasteiger partial charge in [-0.15, -0.1) is 16.4 Å². The number of carbonyl (C=O) groups is 2. The molecule has 8 nitrogen and oxygen atoms in total. The Kier molecular flexibility index (Phi) is 6.05. The first-order valence-corrected chi connectivity index (χ1v) is 11.7. The smallest absolute Gasteiger partial charge is 0.336 e. The quantitative estimate of drug-likeness (QED) is 0.535. The molecule has 0 saturated heterocycles. The fourth-order valence-corrected chi connectivity index (χ4v) is 5.78. The number of dihydropyridines is 1. The topological polar surface area (TPSA) is 99.0 Å². The summed E-state index contributed by atoms with van der Waals surface area (Å²) < 4.78 is 6.97. The van der Waals surface area contributed by atoms with E-state index in [1.54, 1.807) is 41.8 Å². The molecule has 0 radical (unpaired) electrons. The zero-order valence-electron chi connectivity index (χ0n) is 17.1. The maximum Gasteiger partial charge on any atom is 0.336 e. The third-order valence-electron chi connectivity index (χ3n) is 5.18. The summed E-state index contributed by atoms with van der Waals surface area (Å²) in [6, 6.07) is 2.08. The SMILES string of the molecule is CCOC(=O)C1=C(C)NC2=C(C(=O)CCC2)[C@H]1c1cc(CSc2nnnn2C)cs1. The number of esters is 1. The molecule has 158 valence electrons. The van der Waals surface area contributed by atoms with Crippen molar-refractivity contribution in [3.8, 4) is 0 Å². The van der Waals surface area contributed by atoms with Crippen LogP contribution in [0.2, 0.25) is 0 Å². The molecule has 0 aromatic carbocycles. The number of ketones is 1. The predicted octanol–water partition coefficient (Wildman–Crippen LogP) is 3.09. The number of aromatic nitrogens is 4. The molecule has 10 heteroatoms. The van der Waals surface area contributed by atoms with Crippen molar-refractivity contribution in [1.82, 2.24) is 25.5 Å². The Hall–Kier alpha value is -2.46. The third-order valence-corrected chi connectivity index (χ3v) is 7.31. The molecule has 2 aromatic heterocycles. The molecule has 2 aliphatic rings. The molecular formula is C20H23N5O3S2. The van der Waals surface area contributed by atoms with Crippen molar-refractivity contribution in [2.24, 2.45) is 7.05 Å². The number of hydrogen-bond donors (Lipinski definition) is 1. The minimum absolute atomic E-state index is 0.109. The second-order valence-electron chi connectivity index (χ2n) is 7.22. The fraction of sp³-hybridized carbons (Fsp3) is 0.450. The van der Waals surface area contributed by atoms with E-state index in [9.17, 15) is 9.59 Å². The molecule has 3 heterocycles. The predicted molar refractivity (Wildman–Crippen MR) is 114 cm³/mol. The van der Waals surface area contributed by atoms with Crippen molar-refractivity contribution in [2.75, 3.05) is 6.61 Å². The van der Waals surface area contributed by atoms with Gasteiger partial charge in [-0.3, -0.25) is 4.79 Å². The first-order valence-electron chi connectivity index (χ1n) is 9.83. The van der Waals surface area contributed by atoms with Gasteiger partial charge >= 0.3 is 5.97 Å². The number of hydrogen-bond acceptors (Lipinski definition) is 9. The van der Waals surface area contributed by atoms with Gasteiger partial charge in [-0.25, -0.2) is 9.48 Å². The number of Topliss-reactive ketones (excluding diaryl/α,β-unsaturated/α-hetero) is 1. The molecule has 0 unspecified atom stereocenters. The van der Waals surface area contributed by atoms with E-state index in [4.69, 9.17) is 4.74 Å². The van der Waals surface area contributed by atoms with Gasteiger partial charge in [0.1, 0.15) is 0 Å². The number of thiophene rings is 1. The van der Waals surface area contributed by atoms with E-state index in [0.717, 1.165) is 39.8 Å². The lowest BCUT2D eigenvalue weighted by molar-refractivity contribution is -0.138. The lowest BCUT2D eigenvalue weighted by atomic mass is 9.78. The monoisotopic (exact) mass is 445 g/mol. The summed E-state index contributed by atoms with van der Waals surface area (Å²) in [5, 5.41) is 17.6. The minimum atomic E-state index is -0.381. The number of nitrogens with one attached hydrogen (secondary N) is 1. The standard InChI is InChI=1S/C20H23N5O3S2/c1-4-28-19(27)16-11(2)21-13-6-5-7-14(26)17(13)18(16)15-8-12(9-29-15)10-30-20-22-23-24-25(20)3/h8-9,18,21H,4-7,10H2,1-3H3/t18-/m0/s1. The van der Waals surface area contributed by atoms with Crippen LogP contribution >= 0.6 is 23.1 Å². The average Bonchev–Trinajstić information content (AvgIpc) is 3.34. The molecule has 0 bridgehead atoms. The molecular weight excluding hydrogens is 422 g/mol. The van der Waals surface area contributed by atoms with Crippen LogP contribution in [0.15, 0.2) is 39.1 Å². The number of allylic oxidation sites excluding steroid dienone is 3. The molecule has 2 aromatic rings. The van der Waals surface area contributed by atoms with E-state index in [1.807, 2.05) is 6.92 Å². The van der Waals surface area contributed by atoms with Gasteiger partial charge in [-0.2, -0.15) is 0 Å². The highest BCUT2D eigenvalue weighted by molar-refractivity contribution is 7.98. The van der Waals surface area contributed by atoms with Gasteiger partial charge in [-0.05, 0) is 54.1 Å². The number of thioether (sulfide) groups is 1. The maximum absolute atomic E-state index is 12.9. The lowest BCUT2D eigenvalue weighted by Crippen LogP contribution is -2.34. The van der Waals surface area contributed by atoms with Gasteiger partial charge in [0.15, 0.2) is 5.78 Å². The van der Waals surface area contributed by atoms with Crippen LogP contribution in [0.4, 0.5) is 0 Å². The van der Waals surface area contributed by atoms with E-state index in [1.165, 1.54) is 0 Å². The first kappa shape index (κ1) is 20.8. The Morgan fingerprint density at radius 3 is 3.00 bits per heavy atom. The van der Waals surface area contributed by atoms with Crippen molar-refractivity contribution in [1.29, 1.82) is 0 Å². The number of nitrogens with zero attached hydrogens (tertiary/aromatic N) is 4. The maximum atomic E-state index is 12.9. The Bertz CT molecular complexity index is 1050. The highest BCUT2D eigenvalue weighted by Gasteiger charge is 2.39. The van der Waals surface area contributed by atoms with Crippen LogP contribution in [0.1, 0.15) is 49.5 Å². The summed E-state index contributed by atoms with van der Waals surface area (Å²) in [7, 11) is 1.80. The fourth-order valence-electron chi connectivity index (χ4n) is 3.86. The molecule has 1 aliphatic heterocycles. The minimum Gasteiger partial charge on any atom is -0.463 e. The van der Waals surface area contributed by atoms with Crippen molar-refractivity contribution in [3.05, 3.63) is 44.4 Å². The summed E-state index contributed by atoms with van der Waals surface area (Å²) in [6.07, 6.45) is 2.16. The second-order valence-corrected chi connectivity index (χ2v) is 9.10. The van der Waals surface area contributed by atoms with Crippen LogP contribution in [0.5, 0.6) is 0 Å². The molecule has 1 atom stereocenters. The number of rotatable bonds is 6. The highest BCUT2D eigenvalue weighted by Crippen LogP contribution is 2.44. The van der Waals surface area contributed by atoms with E-state index in [0.29, 0.717) is 29.9 Å². The lowest BCUT2D eigenvalue weighted by Gasteiger charge is -2.33. The van der Waals surface area contributed by atoms with Crippen LogP contribution < -0.4 is 5.32 Å². The van der Waals surface area contributed by atoms with Gasteiger partial charge in [0, 0.05) is 41.1 Å². The summed E-state index contributed by atoms with van der Waals surface area (Å²) in [6.45, 7) is 3.96. The summed E-state index contributed by atoms with van der Waals surface area (Å²) in [4.78, 5) is 26.7. The molecule has 1 aliphatic carbocycles. The number of aryl methyl sites for hydroxylation is 1. The van der Waals surface area contributed by atoms with Crippen LogP contribution in [0.3, 0.4) is 0 Å². The van der Waals surface area contributed by atoms with Crippen LogP contribution in [0.25, 0.3) is 0 Å². The van der Waals surface area contributed by atoms with Crippen LogP contribution in [-0.2, 0) is 27.1 Å². The van der Waals surface area contributed by atoms with Gasteiger partial charge in [0.25, 0.3) is 0 Å². The average molecular weight is 446 g/mol. The van der Waals surface area contributed by atoms with Crippen molar-refractivity contribution in [3.63, 3.8) is 0 Å². The normalized spacial score (nSPS) is 19.0. The zero-order chi connectivity index (χ0) is 21.3. The van der Waals surface area contributed by atoms with Crippen LogP contribution in [-0.4, -0.2) is 38.6 Å². The summed E-state index contributed by atoms with van der Waals surface area (Å²) >= 11 is 3.11. The molecule has 0 spiro atoms. The van der Waals surface area contributed by atoms with Crippen molar-refractivity contribution >= 4 is 34.9 Å². The molecule has 0 saturated carbocycles. The zero-order valence-corrected chi connectivity index (χ0v) is 18.7. The van der Waals surface area contributed by atoms with E-state index < -0.39 is 0 Å². The molecule has 4 rings (SSSR count). The Morgan fingerprint density at radius 2 is 2.27 bits per heavy atom. The molecule has 0 amide bonds. The molecule has 0 fully saturated rings. The summed E-state index contributed by atoms with van der Waals surface area (Å²) in [5.41, 5.74) is 4.06. The third kappa shape index (κ3) is 3.93. The Labute approximate surface area is 182 Å². The van der Waals surface area contributed by atoms with Crippen LogP contribution in [0, 0.1) is 0 Å². The molecule has 1 N–H and O–H groups in total. The summed E-state index contributed by atoms with van der Waals surface area (Å²) in [5.74, 6) is 0.0604. The van der Waals surface area contributed by atoms with Gasteiger partial charge in [-0.1, -0.05) is 11.8 Å². The van der Waals surface area contributed by atoms with Gasteiger partial charge < -0.3 is 10.1 Å². The Balaban J connectivity index is 1.67. The highest BCUT2D eigenvalue weighted by atomic mass is 32.2. The van der Waals surface area contributed by atoms with Crippen molar-refractivity contribution in [2.45, 2.75) is 49.9 Å². The Morgan fingerprint density at radius 1 is 1.43 bits per heavy atom. The first-order chi connectivity index (χ1) is 14.5. The van der Waals surface area contributed by atoms with Gasteiger partial charge in [0.2, 0.25) is 5.16 Å². The van der Waals surface area contributed by atoms with E-state index in [2.05, 4.69) is 32.3 Å². The molecule has 30 heavy (non-hydrogen) atoms. The van der Waals surface area contributed by atoms with Gasteiger partial charge in [0.05, 0.1) is 18.1 Å². The second kappa shape index (κ2) is 8.73. The largest absolute Gasteiger partial charge is 0.463 e. The van der Waals surface area contributed by atoms with E-state index >= 15 is 0 Å².